The molecule has 4 rings (SSSR count). The molecular weight excluding hydrogens is 298 g/mol. The molecule has 4 nitrogen and oxygen atoms in total. The third-order valence-corrected chi connectivity index (χ3v) is 4.63. The van der Waals surface area contributed by atoms with Gasteiger partial charge in [0, 0.05) is 41.8 Å². The summed E-state index contributed by atoms with van der Waals surface area (Å²) in [6.45, 7) is 3.84. The molecule has 24 heavy (non-hydrogen) atoms. The highest BCUT2D eigenvalue weighted by Crippen LogP contribution is 2.26. The Labute approximate surface area is 140 Å². The maximum absolute atomic E-state index is 12.3. The van der Waals surface area contributed by atoms with Gasteiger partial charge in [-0.1, -0.05) is 30.3 Å². The molecule has 0 amide bonds. The Hall–Kier alpha value is -2.59. The monoisotopic (exact) mass is 319 g/mol. The van der Waals surface area contributed by atoms with Crippen LogP contribution >= 0.6 is 0 Å². The van der Waals surface area contributed by atoms with Gasteiger partial charge < -0.3 is 15.6 Å². The van der Waals surface area contributed by atoms with Gasteiger partial charge in [0.2, 0.25) is 0 Å². The van der Waals surface area contributed by atoms with Gasteiger partial charge >= 0.3 is 0 Å². The largest absolute Gasteiger partial charge is 0.368 e. The van der Waals surface area contributed by atoms with E-state index >= 15 is 0 Å². The van der Waals surface area contributed by atoms with Gasteiger partial charge in [0.15, 0.2) is 0 Å². The Morgan fingerprint density at radius 1 is 1.12 bits per heavy atom. The second-order valence-electron chi connectivity index (χ2n) is 7.06. The first-order valence-corrected chi connectivity index (χ1v) is 8.24. The molecule has 0 unspecified atom stereocenters. The third-order valence-electron chi connectivity index (χ3n) is 4.63. The van der Waals surface area contributed by atoms with Crippen LogP contribution in [-0.4, -0.2) is 23.6 Å². The first-order valence-electron chi connectivity index (χ1n) is 8.24. The van der Waals surface area contributed by atoms with E-state index in [1.165, 1.54) is 5.69 Å². The van der Waals surface area contributed by atoms with E-state index in [4.69, 9.17) is 5.73 Å². The Bertz CT molecular complexity index is 933. The van der Waals surface area contributed by atoms with Gasteiger partial charge in [0.25, 0.3) is 5.56 Å². The van der Waals surface area contributed by atoms with Crippen molar-refractivity contribution >= 4 is 16.6 Å². The number of nitrogens with one attached hydrogen (secondary N) is 1. The minimum absolute atomic E-state index is 0.0144. The van der Waals surface area contributed by atoms with Crippen molar-refractivity contribution in [2.24, 2.45) is 5.73 Å². The van der Waals surface area contributed by atoms with Crippen molar-refractivity contribution < 1.29 is 0 Å². The number of hydrogen-bond donors (Lipinski definition) is 2. The number of aromatic nitrogens is 1. The number of nitrogens with zero attached hydrogens (tertiary/aromatic N) is 1. The highest BCUT2D eigenvalue weighted by atomic mass is 16.1. The molecule has 3 N–H and O–H groups in total. The van der Waals surface area contributed by atoms with E-state index in [0.29, 0.717) is 6.42 Å². The first kappa shape index (κ1) is 15.0. The molecule has 0 atom stereocenters. The highest BCUT2D eigenvalue weighted by Gasteiger charge is 2.34. The standard InChI is InChI=1S/C20H21N3O/c1-20(21)12-23(13-20)17-8-6-14(7-9-17)10-16-11-15-4-2-3-5-18(15)22-19(16)24/h2-9,11H,10,12-13,21H2,1H3,(H,22,24). The minimum Gasteiger partial charge on any atom is -0.368 e. The van der Waals surface area contributed by atoms with Crippen LogP contribution in [0.25, 0.3) is 10.9 Å². The summed E-state index contributed by atoms with van der Waals surface area (Å²) in [6.07, 6.45) is 0.634. The quantitative estimate of drug-likeness (QED) is 0.780. The fourth-order valence-corrected chi connectivity index (χ4v) is 3.38. The molecule has 2 aromatic carbocycles. The van der Waals surface area contributed by atoms with Crippen molar-refractivity contribution in [2.75, 3.05) is 18.0 Å². The van der Waals surface area contributed by atoms with Crippen LogP contribution < -0.4 is 16.2 Å². The molecule has 0 saturated carbocycles. The molecule has 1 aromatic heterocycles. The molecule has 4 heteroatoms. The summed E-state index contributed by atoms with van der Waals surface area (Å²) in [5.41, 5.74) is 9.97. The molecule has 1 fully saturated rings. The Morgan fingerprint density at radius 2 is 1.83 bits per heavy atom. The summed E-state index contributed by atoms with van der Waals surface area (Å²) < 4.78 is 0. The average Bonchev–Trinajstić information content (AvgIpc) is 2.54. The zero-order valence-corrected chi connectivity index (χ0v) is 13.8. The average molecular weight is 319 g/mol. The molecule has 1 aliphatic rings. The second kappa shape index (κ2) is 5.49. The number of pyridine rings is 1. The molecular formula is C20H21N3O. The molecule has 0 aliphatic carbocycles. The number of hydrogen-bond acceptors (Lipinski definition) is 3. The molecule has 3 aromatic rings. The lowest BCUT2D eigenvalue weighted by atomic mass is 9.93. The van der Waals surface area contributed by atoms with Gasteiger partial charge in [-0.05, 0) is 42.1 Å². The normalized spacial score (nSPS) is 16.2. The van der Waals surface area contributed by atoms with E-state index in [-0.39, 0.29) is 11.1 Å². The fraction of sp³-hybridized carbons (Fsp3) is 0.250. The van der Waals surface area contributed by atoms with Crippen molar-refractivity contribution in [3.63, 3.8) is 0 Å². The van der Waals surface area contributed by atoms with Crippen LogP contribution in [0.4, 0.5) is 5.69 Å². The molecule has 0 bridgehead atoms. The maximum atomic E-state index is 12.3. The SMILES string of the molecule is CC1(N)CN(c2ccc(Cc3cc4ccccc4[nH]c3=O)cc2)C1. The van der Waals surface area contributed by atoms with Crippen LogP contribution in [0, 0.1) is 0 Å². The number of anilines is 1. The Balaban J connectivity index is 1.55. The second-order valence-corrected chi connectivity index (χ2v) is 7.06. The van der Waals surface area contributed by atoms with E-state index in [2.05, 4.69) is 41.1 Å². The molecule has 0 spiro atoms. The van der Waals surface area contributed by atoms with Gasteiger partial charge in [-0.2, -0.15) is 0 Å². The zero-order valence-electron chi connectivity index (χ0n) is 13.8. The Kier molecular flexibility index (Phi) is 3.43. The molecule has 0 radical (unpaired) electrons. The lowest BCUT2D eigenvalue weighted by Gasteiger charge is -2.47. The maximum Gasteiger partial charge on any atom is 0.251 e. The van der Waals surface area contributed by atoms with Crippen molar-refractivity contribution in [1.29, 1.82) is 0 Å². The highest BCUT2D eigenvalue weighted by molar-refractivity contribution is 5.78. The van der Waals surface area contributed by atoms with Crippen LogP contribution in [0.1, 0.15) is 18.1 Å². The number of rotatable bonds is 3. The smallest absolute Gasteiger partial charge is 0.251 e. The van der Waals surface area contributed by atoms with Gasteiger partial charge in [-0.15, -0.1) is 0 Å². The van der Waals surface area contributed by atoms with Crippen LogP contribution in [0.5, 0.6) is 0 Å². The number of para-hydroxylation sites is 1. The van der Waals surface area contributed by atoms with Crippen molar-refractivity contribution in [2.45, 2.75) is 18.9 Å². The van der Waals surface area contributed by atoms with Crippen LogP contribution in [0.2, 0.25) is 0 Å². The predicted octanol–water partition coefficient (Wildman–Crippen LogP) is 2.66. The fourth-order valence-electron chi connectivity index (χ4n) is 3.38. The Morgan fingerprint density at radius 3 is 2.54 bits per heavy atom. The molecule has 1 aliphatic heterocycles. The molecule has 1 saturated heterocycles. The van der Waals surface area contributed by atoms with Crippen LogP contribution in [-0.2, 0) is 6.42 Å². The topological polar surface area (TPSA) is 62.1 Å². The lowest BCUT2D eigenvalue weighted by Crippen LogP contribution is -2.65. The summed E-state index contributed by atoms with van der Waals surface area (Å²) in [7, 11) is 0. The van der Waals surface area contributed by atoms with Crippen LogP contribution in [0.15, 0.2) is 59.4 Å². The first-order chi connectivity index (χ1) is 11.5. The van der Waals surface area contributed by atoms with Crippen molar-refractivity contribution in [1.82, 2.24) is 4.98 Å². The lowest BCUT2D eigenvalue weighted by molar-refractivity contribution is 0.365. The van der Waals surface area contributed by atoms with Gasteiger partial charge in [0.05, 0.1) is 0 Å². The van der Waals surface area contributed by atoms with Crippen molar-refractivity contribution in [3.8, 4) is 0 Å². The number of H-pyrrole nitrogens is 1. The minimum atomic E-state index is -0.0724. The summed E-state index contributed by atoms with van der Waals surface area (Å²) in [5, 5.41) is 1.06. The summed E-state index contributed by atoms with van der Waals surface area (Å²) in [5.74, 6) is 0. The number of benzene rings is 2. The number of aromatic amines is 1. The van der Waals surface area contributed by atoms with E-state index in [1.54, 1.807) is 0 Å². The van der Waals surface area contributed by atoms with E-state index in [9.17, 15) is 4.79 Å². The van der Waals surface area contributed by atoms with E-state index in [0.717, 1.165) is 35.1 Å². The molecule has 2 heterocycles. The summed E-state index contributed by atoms with van der Waals surface area (Å²) in [6, 6.07) is 18.2. The van der Waals surface area contributed by atoms with E-state index < -0.39 is 0 Å². The zero-order chi connectivity index (χ0) is 16.7. The van der Waals surface area contributed by atoms with Gasteiger partial charge in [0.1, 0.15) is 0 Å². The third kappa shape index (κ3) is 2.81. The summed E-state index contributed by atoms with van der Waals surface area (Å²) >= 11 is 0. The van der Waals surface area contributed by atoms with Crippen LogP contribution in [0.3, 0.4) is 0 Å². The van der Waals surface area contributed by atoms with Gasteiger partial charge in [-0.25, -0.2) is 0 Å². The number of nitrogens with two attached hydrogens (primary N) is 1. The number of fused-ring (bicyclic) bond motifs is 1. The van der Waals surface area contributed by atoms with E-state index in [1.807, 2.05) is 30.3 Å². The van der Waals surface area contributed by atoms with Crippen molar-refractivity contribution in [3.05, 3.63) is 76.1 Å². The molecule has 122 valence electrons. The van der Waals surface area contributed by atoms with Gasteiger partial charge in [-0.3, -0.25) is 4.79 Å². The summed E-state index contributed by atoms with van der Waals surface area (Å²) in [4.78, 5) is 17.5. The predicted molar refractivity (Wildman–Crippen MR) is 98.6 cm³/mol.